The highest BCUT2D eigenvalue weighted by molar-refractivity contribution is 5.47. The first-order valence-corrected chi connectivity index (χ1v) is 11.0. The molecule has 0 spiro atoms. The summed E-state index contributed by atoms with van der Waals surface area (Å²) in [5.41, 5.74) is 5.06. The fraction of sp³-hybridized carbons (Fsp3) is 0.481. The lowest BCUT2D eigenvalue weighted by atomic mass is 9.80. The number of hydrogen-bond donors (Lipinski definition) is 1. The summed E-state index contributed by atoms with van der Waals surface area (Å²) in [5, 5.41) is 10.5. The summed E-state index contributed by atoms with van der Waals surface area (Å²) in [6.45, 7) is 8.39. The van der Waals surface area contributed by atoms with E-state index in [1.165, 1.54) is 24.0 Å². The Bertz CT molecular complexity index is 839. The van der Waals surface area contributed by atoms with Crippen molar-refractivity contribution in [2.75, 3.05) is 13.2 Å². The van der Waals surface area contributed by atoms with Gasteiger partial charge in [-0.05, 0) is 92.3 Å². The molecule has 2 aliphatic rings. The van der Waals surface area contributed by atoms with Crippen LogP contribution in [-0.4, -0.2) is 18.3 Å². The second kappa shape index (κ2) is 10.1. The van der Waals surface area contributed by atoms with Crippen molar-refractivity contribution in [2.45, 2.75) is 64.9 Å². The second-order valence-corrected chi connectivity index (χ2v) is 8.86. The molecule has 0 saturated carbocycles. The van der Waals surface area contributed by atoms with Crippen molar-refractivity contribution in [1.82, 2.24) is 0 Å². The number of aryl methyl sites for hydroxylation is 1. The molecular weight excluding hydrogens is 356 g/mol. The average molecular weight is 391 g/mol. The minimum atomic E-state index is -0.689. The van der Waals surface area contributed by atoms with Gasteiger partial charge < -0.3 is 9.84 Å². The van der Waals surface area contributed by atoms with Gasteiger partial charge in [0.25, 0.3) is 0 Å². The molecule has 1 unspecified atom stereocenters. The van der Waals surface area contributed by atoms with E-state index in [0.29, 0.717) is 5.92 Å². The molecule has 4 rings (SSSR count). The number of fused-ring (bicyclic) bond motifs is 1. The van der Waals surface area contributed by atoms with Crippen molar-refractivity contribution >= 4 is 0 Å². The molecule has 1 aliphatic carbocycles. The third-order valence-corrected chi connectivity index (χ3v) is 5.57. The molecule has 0 radical (unpaired) electrons. The molecule has 2 aromatic carbocycles. The first kappa shape index (κ1) is 21.6. The molecule has 1 saturated heterocycles. The lowest BCUT2D eigenvalue weighted by molar-refractivity contribution is 0.0387. The molecule has 1 heterocycles. The zero-order chi connectivity index (χ0) is 20.7. The topological polar surface area (TPSA) is 29.5 Å². The van der Waals surface area contributed by atoms with E-state index in [4.69, 9.17) is 4.74 Å². The van der Waals surface area contributed by atoms with Crippen LogP contribution in [0.15, 0.2) is 42.5 Å². The fourth-order valence-corrected chi connectivity index (χ4v) is 4.01. The molecule has 1 atom stereocenters. The Morgan fingerprint density at radius 2 is 1.62 bits per heavy atom. The summed E-state index contributed by atoms with van der Waals surface area (Å²) < 4.78 is 4.94. The molecule has 0 amide bonds. The second-order valence-electron chi connectivity index (χ2n) is 8.86. The highest BCUT2D eigenvalue weighted by atomic mass is 16.5. The standard InChI is InChI=1S/C23H26O.C4H8O/c1-17(2)15-19-9-6-18(7-10-19)8-11-20-12-13-22-21(16-20)5-4-14-23(22,3)24;1-2-4-5-3-1/h6-7,9-10,12-13,16-17,24H,4-5,14-15H2,1-3H3;1-4H2. The maximum atomic E-state index is 10.5. The van der Waals surface area contributed by atoms with Gasteiger partial charge in [0.15, 0.2) is 0 Å². The summed E-state index contributed by atoms with van der Waals surface area (Å²) in [4.78, 5) is 0. The van der Waals surface area contributed by atoms with Crippen LogP contribution >= 0.6 is 0 Å². The van der Waals surface area contributed by atoms with Gasteiger partial charge in [-0.3, -0.25) is 0 Å². The van der Waals surface area contributed by atoms with E-state index in [-0.39, 0.29) is 0 Å². The third kappa shape index (κ3) is 6.46. The smallest absolute Gasteiger partial charge is 0.0871 e. The minimum Gasteiger partial charge on any atom is -0.385 e. The van der Waals surface area contributed by atoms with Gasteiger partial charge in [0.05, 0.1) is 5.60 Å². The lowest BCUT2D eigenvalue weighted by Gasteiger charge is -2.31. The first-order valence-electron chi connectivity index (χ1n) is 11.0. The van der Waals surface area contributed by atoms with Crippen LogP contribution in [0.1, 0.15) is 74.3 Å². The summed E-state index contributed by atoms with van der Waals surface area (Å²) in [5.74, 6) is 7.20. The number of rotatable bonds is 2. The Morgan fingerprint density at radius 3 is 2.24 bits per heavy atom. The zero-order valence-corrected chi connectivity index (χ0v) is 18.1. The molecule has 2 aromatic rings. The molecule has 2 heteroatoms. The highest BCUT2D eigenvalue weighted by Gasteiger charge is 2.29. The number of hydrogen-bond acceptors (Lipinski definition) is 2. The van der Waals surface area contributed by atoms with Crippen molar-refractivity contribution in [1.29, 1.82) is 0 Å². The van der Waals surface area contributed by atoms with Crippen molar-refractivity contribution in [3.63, 3.8) is 0 Å². The summed E-state index contributed by atoms with van der Waals surface area (Å²) in [6.07, 6.45) is 6.57. The molecule has 1 fully saturated rings. The highest BCUT2D eigenvalue weighted by Crippen LogP contribution is 2.35. The van der Waals surface area contributed by atoms with Gasteiger partial charge in [-0.15, -0.1) is 0 Å². The van der Waals surface area contributed by atoms with E-state index in [1.54, 1.807) is 0 Å². The molecule has 1 aliphatic heterocycles. The molecule has 154 valence electrons. The largest absolute Gasteiger partial charge is 0.385 e. The summed E-state index contributed by atoms with van der Waals surface area (Å²) in [6, 6.07) is 14.8. The van der Waals surface area contributed by atoms with Gasteiger partial charge in [0.2, 0.25) is 0 Å². The fourth-order valence-electron chi connectivity index (χ4n) is 4.01. The van der Waals surface area contributed by atoms with Gasteiger partial charge in [-0.25, -0.2) is 0 Å². The average Bonchev–Trinajstić information content (AvgIpc) is 3.27. The summed E-state index contributed by atoms with van der Waals surface area (Å²) in [7, 11) is 0. The number of benzene rings is 2. The Balaban J connectivity index is 0.000000419. The van der Waals surface area contributed by atoms with Crippen LogP contribution in [0.25, 0.3) is 0 Å². The van der Waals surface area contributed by atoms with Crippen LogP contribution in [-0.2, 0) is 23.2 Å². The predicted octanol–water partition coefficient (Wildman–Crippen LogP) is 5.63. The van der Waals surface area contributed by atoms with Crippen molar-refractivity contribution < 1.29 is 9.84 Å². The van der Waals surface area contributed by atoms with Gasteiger partial charge >= 0.3 is 0 Å². The van der Waals surface area contributed by atoms with Crippen LogP contribution in [0.5, 0.6) is 0 Å². The molecule has 0 bridgehead atoms. The van der Waals surface area contributed by atoms with E-state index in [0.717, 1.165) is 55.6 Å². The van der Waals surface area contributed by atoms with Crippen LogP contribution < -0.4 is 0 Å². The Labute approximate surface area is 176 Å². The molecule has 2 nitrogen and oxygen atoms in total. The van der Waals surface area contributed by atoms with E-state index < -0.39 is 5.60 Å². The minimum absolute atomic E-state index is 0.676. The molecular formula is C27H34O2. The summed E-state index contributed by atoms with van der Waals surface area (Å²) >= 11 is 0. The van der Waals surface area contributed by atoms with Crippen LogP contribution in [0.3, 0.4) is 0 Å². The third-order valence-electron chi connectivity index (χ3n) is 5.57. The van der Waals surface area contributed by atoms with Gasteiger partial charge in [0.1, 0.15) is 0 Å². The molecule has 1 N–H and O–H groups in total. The first-order chi connectivity index (χ1) is 13.9. The van der Waals surface area contributed by atoms with Crippen LogP contribution in [0.2, 0.25) is 0 Å². The van der Waals surface area contributed by atoms with Crippen molar-refractivity contribution in [2.24, 2.45) is 5.92 Å². The van der Waals surface area contributed by atoms with Crippen molar-refractivity contribution in [3.8, 4) is 11.8 Å². The van der Waals surface area contributed by atoms with Gasteiger partial charge in [-0.1, -0.05) is 43.9 Å². The van der Waals surface area contributed by atoms with E-state index in [1.807, 2.05) is 19.1 Å². The maximum absolute atomic E-state index is 10.5. The number of ether oxygens (including phenoxy) is 1. The number of aliphatic hydroxyl groups is 1. The van der Waals surface area contributed by atoms with E-state index in [9.17, 15) is 5.11 Å². The molecule has 29 heavy (non-hydrogen) atoms. The van der Waals surface area contributed by atoms with Crippen LogP contribution in [0.4, 0.5) is 0 Å². The quantitative estimate of drug-likeness (QED) is 0.674. The normalized spacial score (nSPS) is 20.3. The zero-order valence-electron chi connectivity index (χ0n) is 18.1. The maximum Gasteiger partial charge on any atom is 0.0871 e. The lowest BCUT2D eigenvalue weighted by Crippen LogP contribution is -2.26. The van der Waals surface area contributed by atoms with Crippen molar-refractivity contribution in [3.05, 3.63) is 70.3 Å². The van der Waals surface area contributed by atoms with Gasteiger partial charge in [-0.2, -0.15) is 0 Å². The Kier molecular flexibility index (Phi) is 7.53. The Hall–Kier alpha value is -2.08. The molecule has 0 aromatic heterocycles. The Morgan fingerprint density at radius 1 is 0.966 bits per heavy atom. The van der Waals surface area contributed by atoms with Crippen LogP contribution in [0, 0.1) is 17.8 Å². The SMILES string of the molecule is C1CCOC1.CC(C)Cc1ccc(C#Cc2ccc3c(c2)CCCC3(C)O)cc1. The predicted molar refractivity (Wildman–Crippen MR) is 120 cm³/mol. The monoisotopic (exact) mass is 390 g/mol. The van der Waals surface area contributed by atoms with E-state index >= 15 is 0 Å². The van der Waals surface area contributed by atoms with Gasteiger partial charge in [0, 0.05) is 24.3 Å². The van der Waals surface area contributed by atoms with E-state index in [2.05, 4.69) is 56.0 Å².